The van der Waals surface area contributed by atoms with Gasteiger partial charge < -0.3 is 108 Å². The van der Waals surface area contributed by atoms with Gasteiger partial charge in [-0.05, 0) is 152 Å². The molecule has 2 fully saturated rings. The van der Waals surface area contributed by atoms with Crippen LogP contribution in [-0.4, -0.2) is 202 Å². The number of nitrogens with one attached hydrogen (secondary N) is 2. The summed E-state index contributed by atoms with van der Waals surface area (Å²) < 4.78 is 97.6. The van der Waals surface area contributed by atoms with Crippen LogP contribution in [0, 0.1) is 46.6 Å². The van der Waals surface area contributed by atoms with Crippen LogP contribution in [0.5, 0.6) is 34.8 Å². The Morgan fingerprint density at radius 3 is 2.11 bits per heavy atom. The number of fused-ring (bicyclic) bond motifs is 5. The van der Waals surface area contributed by atoms with Gasteiger partial charge in [0.2, 0.25) is 10.9 Å². The first kappa shape index (κ1) is 104. The molecule has 143 heavy (non-hydrogen) atoms. The maximum absolute atomic E-state index is 14.9. The number of carbonyl (C=O) groups excluding carboxylic acids is 2. The number of aromatic nitrogens is 3. The number of imidazole rings is 1. The van der Waals surface area contributed by atoms with Crippen LogP contribution in [0.2, 0.25) is 0 Å². The molecule has 758 valence electrons. The molecule has 7 N–H and O–H groups in total. The number of ether oxygens (including phenoxy) is 9. The minimum Gasteiger partial charge on any atom is -0.507 e. The summed E-state index contributed by atoms with van der Waals surface area (Å²) in [5.74, 6) is -5.42. The van der Waals surface area contributed by atoms with Gasteiger partial charge in [-0.15, -0.1) is 13.2 Å². The van der Waals surface area contributed by atoms with Crippen molar-refractivity contribution in [2.75, 3.05) is 108 Å². The van der Waals surface area contributed by atoms with Gasteiger partial charge in [-0.25, -0.2) is 4.98 Å². The van der Waals surface area contributed by atoms with Gasteiger partial charge >= 0.3 is 29.9 Å². The molecule has 9 aromatic carbocycles. The van der Waals surface area contributed by atoms with Crippen LogP contribution < -0.4 is 60.2 Å². The Morgan fingerprint density at radius 2 is 1.45 bits per heavy atom. The van der Waals surface area contributed by atoms with Crippen molar-refractivity contribution in [2.24, 2.45) is 29.6 Å². The third kappa shape index (κ3) is 23.0. The molecule has 0 radical (unpaired) electrons. The third-order valence-corrected chi connectivity index (χ3v) is 27.9. The molecule has 31 nitrogen and oxygen atoms in total. The van der Waals surface area contributed by atoms with E-state index in [2.05, 4.69) is 138 Å². The van der Waals surface area contributed by atoms with Crippen molar-refractivity contribution < 1.29 is 100 Å². The van der Waals surface area contributed by atoms with Gasteiger partial charge in [0, 0.05) is 183 Å². The first-order valence-corrected chi connectivity index (χ1v) is 48.6. The largest absolute Gasteiger partial charge is 0.573 e. The molecule has 6 aliphatic rings. The second-order valence-electron chi connectivity index (χ2n) is 38.7. The SMILES string of the molecule is COC1=C(C(c2ccccc2)[C@@](O)(CCN(C)C)c2cccc3ccccc23)Cc2cc(Br)ccc2N1.CO[C@H]1/C=C/O[C@@]2(C)Oc3c(C)c(O)c4c(=O)c(c5oc6cc(N7CCN(CC(C)C)CC7)cc(=O)c6nc5c4c3=C2O)NC(=O)/C(C)=C\C=C\[C@H](C)[C@H](O)[C@@H](C)[C@@H](O)[C@@H](C)[C@H](OC(C)=O)[C@@H]1C.C[C@]1(COc2ccc(N3CCC(Oc4ccc(OC(F)(F)F)cc4)CC3)cc2)Cn2cc([N+](=O)[O-])nc2O1. The topological polar surface area (TPSA) is 377 Å². The maximum Gasteiger partial charge on any atom is 0.573 e. The molecule has 1 amide bonds. The van der Waals surface area contributed by atoms with Crippen LogP contribution >= 0.6 is 15.9 Å². The molecule has 0 spiro atoms. The van der Waals surface area contributed by atoms with Gasteiger partial charge in [0.25, 0.3) is 5.91 Å². The van der Waals surface area contributed by atoms with Crippen LogP contribution in [-0.2, 0) is 47.1 Å². The number of anilines is 4. The number of piperazine rings is 1. The van der Waals surface area contributed by atoms with Gasteiger partial charge in [0.1, 0.15) is 70.6 Å². The van der Waals surface area contributed by atoms with E-state index in [1.165, 1.54) is 95.3 Å². The van der Waals surface area contributed by atoms with E-state index in [4.69, 9.17) is 47.3 Å². The molecule has 6 aliphatic heterocycles. The van der Waals surface area contributed by atoms with Crippen molar-refractivity contribution in [3.63, 3.8) is 0 Å². The van der Waals surface area contributed by atoms with E-state index < -0.39 is 111 Å². The number of halogens is 4. The third-order valence-electron chi connectivity index (χ3n) is 27.4. The number of rotatable bonds is 21. The van der Waals surface area contributed by atoms with E-state index in [9.17, 15) is 68.0 Å². The van der Waals surface area contributed by atoms with Crippen molar-refractivity contribution >= 4 is 106 Å². The van der Waals surface area contributed by atoms with Crippen molar-refractivity contribution in [3.05, 3.63) is 268 Å². The lowest BCUT2D eigenvalue weighted by Gasteiger charge is -2.41. The highest BCUT2D eigenvalue weighted by Gasteiger charge is 2.49. The molecule has 1 unspecified atom stereocenters. The van der Waals surface area contributed by atoms with Crippen LogP contribution in [0.15, 0.2) is 224 Å². The highest BCUT2D eigenvalue weighted by molar-refractivity contribution is 9.10. The minimum atomic E-state index is -4.72. The number of allylic oxidation sites excluding steroid dienone is 2. The van der Waals surface area contributed by atoms with Crippen molar-refractivity contribution in [1.82, 2.24) is 24.3 Å². The summed E-state index contributed by atoms with van der Waals surface area (Å²) in [5, 5.41) is 78.9. The Bertz CT molecular complexity index is 6820. The quantitative estimate of drug-likeness (QED) is 0.0115. The molecular weight excluding hydrogens is 1910 g/mol. The number of hydrogen-bond donors (Lipinski definition) is 7. The molecule has 4 bridgehead atoms. The molecule has 12 atom stereocenters. The van der Waals surface area contributed by atoms with E-state index in [1.54, 1.807) is 57.6 Å². The lowest BCUT2D eigenvalue weighted by molar-refractivity contribution is -0.389. The zero-order chi connectivity index (χ0) is 103. The Hall–Kier alpha value is -13.3. The van der Waals surface area contributed by atoms with Crippen LogP contribution in [0.3, 0.4) is 0 Å². The molecule has 0 aliphatic carbocycles. The molecule has 11 aromatic rings. The highest BCUT2D eigenvalue weighted by Crippen LogP contribution is 2.51. The number of amides is 1. The summed E-state index contributed by atoms with van der Waals surface area (Å²) in [6.07, 6.45) is 2.92. The Morgan fingerprint density at radius 1 is 0.769 bits per heavy atom. The number of alkyl halides is 3. The standard InChI is InChI=1S/C51H64N4O13.C32H33BrN2O2.C25H25F3N4O6/c1-24(2)23-54-16-18-55(19-17-54)32-21-33(57)39-35(22-32)67-48-40(52-39)36-37-44(60)30(8)47-38(36)49(62)51(10,68-47)65-20-15-34(64-11)27(5)46(66-31(9)56)29(7)43(59)28(6)42(58)25(3)13-12-14-26(4)50(63)53-41(48)45(37)61;1-35(2)19-18-32(36,28-15-9-13-22-10-7-8-14-26(22)28)30(23-11-5-4-6-12-23)27-21-24-20-25(33)16-17-29(24)34-31(27)37-3;1-24(15-31-14-22(32(33)34)29-23(31)38-24)16-35-18-4-2-17(3-5-18)30-12-10-20(11-13-30)36-19-6-8-21(9-7-19)37-25(26,27)28/h12-15,20-22,24-25,27-29,34,42-43,46,58-60,62H,16-19,23H2,1-11H3,(H,53,63);4-17,20,30,34,36H,18-19,21H2,1-3H3;2-9,14,20H,10-13,15-16H2,1H3/b13-12+,20-15+,26-14-;;/t25-,27+,28+,29+,34-,42-,43+,46+,51-;30?,32-;24-/m011/s1. The van der Waals surface area contributed by atoms with Crippen LogP contribution in [0.4, 0.5) is 41.7 Å². The molecule has 17 rings (SSSR count). The number of benzene rings is 9. The fourth-order valence-corrected chi connectivity index (χ4v) is 20.2. The second-order valence-corrected chi connectivity index (χ2v) is 39.6. The van der Waals surface area contributed by atoms with Gasteiger partial charge in [-0.3, -0.25) is 28.6 Å². The van der Waals surface area contributed by atoms with Gasteiger partial charge in [0.15, 0.2) is 33.9 Å². The van der Waals surface area contributed by atoms with Crippen LogP contribution in [0.25, 0.3) is 49.5 Å². The van der Waals surface area contributed by atoms with E-state index in [1.807, 2.05) is 67.6 Å². The number of aromatic hydroxyl groups is 1. The van der Waals surface area contributed by atoms with E-state index in [-0.39, 0.29) is 97.0 Å². The van der Waals surface area contributed by atoms with Crippen molar-refractivity contribution in [2.45, 2.75) is 168 Å². The molecule has 35 heteroatoms. The zero-order valence-corrected chi connectivity index (χ0v) is 84.1. The maximum atomic E-state index is 14.9. The molecule has 8 heterocycles. The monoisotopic (exact) mass is 2030 g/mol. The Balaban J connectivity index is 0.000000174. The average molecular weight is 2030 g/mol. The fraction of sp³-hybridized carbons (Fsp3) is 0.407. The fourth-order valence-electron chi connectivity index (χ4n) is 19.8. The number of carbonyl (C=O) groups is 2. The number of phenols is 1. The Kier molecular flexibility index (Phi) is 31.6. The molecule has 2 aromatic heterocycles. The summed E-state index contributed by atoms with van der Waals surface area (Å²) >= 11 is 3.64. The second kappa shape index (κ2) is 43.5. The van der Waals surface area contributed by atoms with Gasteiger partial charge in [-0.1, -0.05) is 148 Å². The molecule has 0 saturated carbocycles. The van der Waals surface area contributed by atoms with Crippen LogP contribution in [0.1, 0.15) is 117 Å². The number of phenolic OH excluding ortho intramolecular Hbond substituents is 1. The smallest absolute Gasteiger partial charge is 0.507 e. The number of esters is 1. The number of hydrogen-bond acceptors (Lipinski definition) is 28. The molecular formula is C108H122BrF3N10O21. The summed E-state index contributed by atoms with van der Waals surface area (Å²) in [6, 6.07) is 47.7. The number of nitrogens with zero attached hydrogens (tertiary/aromatic N) is 8. The lowest BCUT2D eigenvalue weighted by atomic mass is 9.69. The van der Waals surface area contributed by atoms with Gasteiger partial charge in [0.05, 0.1) is 48.8 Å². The first-order chi connectivity index (χ1) is 68.0. The summed E-state index contributed by atoms with van der Waals surface area (Å²) in [6.45, 7) is 25.6. The summed E-state index contributed by atoms with van der Waals surface area (Å²) in [5.41, 5.74) is 3.02. The summed E-state index contributed by atoms with van der Waals surface area (Å²) in [7, 11) is 7.25. The van der Waals surface area contributed by atoms with Gasteiger partial charge in [-0.2, -0.15) is 0 Å². The number of methoxy groups -OCH3 is 2. The van der Waals surface area contributed by atoms with Crippen molar-refractivity contribution in [1.29, 1.82) is 0 Å². The average Bonchev–Trinajstić information content (AvgIpc) is 1.60. The zero-order valence-electron chi connectivity index (χ0n) is 82.5. The predicted molar refractivity (Wildman–Crippen MR) is 543 cm³/mol. The highest BCUT2D eigenvalue weighted by atomic mass is 79.9. The lowest BCUT2D eigenvalue weighted by Crippen LogP contribution is -2.47. The first-order valence-electron chi connectivity index (χ1n) is 47.8. The number of piperidine rings is 1. The number of aliphatic hydroxyl groups is 4. The van der Waals surface area contributed by atoms with Crippen molar-refractivity contribution in [3.8, 4) is 34.8 Å². The summed E-state index contributed by atoms with van der Waals surface area (Å²) in [4.78, 5) is 83.2. The van der Waals surface area contributed by atoms with E-state index >= 15 is 0 Å². The molecule has 2 saturated heterocycles. The Labute approximate surface area is 834 Å². The predicted octanol–water partition coefficient (Wildman–Crippen LogP) is 17.4. The minimum absolute atomic E-state index is 0.0356. The normalized spacial score (nSPS) is 23.3. The van der Waals surface area contributed by atoms with E-state index in [0.29, 0.717) is 61.5 Å². The van der Waals surface area contributed by atoms with E-state index in [0.717, 1.165) is 95.4 Å². The number of aliphatic hydroxyl groups excluding tert-OH is 3. The number of nitro groups is 1.